The van der Waals surface area contributed by atoms with Gasteiger partial charge in [0, 0.05) is 30.6 Å². The molecule has 4 heteroatoms. The molecule has 4 nitrogen and oxygen atoms in total. The Kier molecular flexibility index (Phi) is 2.95. The van der Waals surface area contributed by atoms with Crippen molar-refractivity contribution in [2.75, 3.05) is 13.6 Å². The third kappa shape index (κ3) is 2.19. The third-order valence-electron chi connectivity index (χ3n) is 3.68. The van der Waals surface area contributed by atoms with Crippen molar-refractivity contribution < 1.29 is 9.90 Å². The summed E-state index contributed by atoms with van der Waals surface area (Å²) in [5, 5.41) is 10.1. The number of pyridine rings is 1. The Hall–Kier alpha value is -1.94. The van der Waals surface area contributed by atoms with Gasteiger partial charge in [-0.3, -0.25) is 9.78 Å². The normalized spacial score (nSPS) is 15.4. The maximum Gasteiger partial charge on any atom is 0.307 e. The molecule has 0 spiro atoms. The van der Waals surface area contributed by atoms with E-state index in [-0.39, 0.29) is 6.42 Å². The summed E-state index contributed by atoms with van der Waals surface area (Å²) >= 11 is 0. The molecule has 3 rings (SSSR count). The molecule has 0 atom stereocenters. The highest BCUT2D eigenvalue weighted by Gasteiger charge is 2.21. The molecule has 1 aliphatic rings. The number of aromatic nitrogens is 1. The van der Waals surface area contributed by atoms with Gasteiger partial charge in [0.15, 0.2) is 0 Å². The minimum atomic E-state index is -0.785. The maximum atomic E-state index is 11.1. The van der Waals surface area contributed by atoms with E-state index in [0.717, 1.165) is 47.2 Å². The van der Waals surface area contributed by atoms with E-state index in [4.69, 9.17) is 10.1 Å². The highest BCUT2D eigenvalue weighted by atomic mass is 16.4. The largest absolute Gasteiger partial charge is 0.481 e. The first-order chi connectivity index (χ1) is 9.15. The summed E-state index contributed by atoms with van der Waals surface area (Å²) in [5.41, 5.74) is 4.00. The average molecular weight is 256 g/mol. The van der Waals surface area contributed by atoms with E-state index in [1.165, 1.54) is 0 Å². The van der Waals surface area contributed by atoms with Gasteiger partial charge in [-0.15, -0.1) is 0 Å². The first kappa shape index (κ1) is 12.1. The Morgan fingerprint density at radius 2 is 2.21 bits per heavy atom. The van der Waals surface area contributed by atoms with Gasteiger partial charge in [0.1, 0.15) is 0 Å². The van der Waals surface area contributed by atoms with Crippen LogP contribution in [0.15, 0.2) is 24.3 Å². The topological polar surface area (TPSA) is 53.4 Å². The zero-order valence-electron chi connectivity index (χ0n) is 10.9. The summed E-state index contributed by atoms with van der Waals surface area (Å²) < 4.78 is 0. The van der Waals surface area contributed by atoms with Crippen LogP contribution in [0.3, 0.4) is 0 Å². The second kappa shape index (κ2) is 4.63. The molecule has 2 aromatic rings. The monoisotopic (exact) mass is 256 g/mol. The minimum Gasteiger partial charge on any atom is -0.481 e. The molecular weight excluding hydrogens is 240 g/mol. The summed E-state index contributed by atoms with van der Waals surface area (Å²) in [4.78, 5) is 18.1. The molecule has 0 unspecified atom stereocenters. The van der Waals surface area contributed by atoms with Crippen molar-refractivity contribution in [3.8, 4) is 0 Å². The summed E-state index contributed by atoms with van der Waals surface area (Å²) in [7, 11) is 2.06. The molecule has 1 aliphatic heterocycles. The fraction of sp³-hybridized carbons (Fsp3) is 0.333. The number of carboxylic acids is 1. The van der Waals surface area contributed by atoms with Crippen LogP contribution < -0.4 is 0 Å². The highest BCUT2D eigenvalue weighted by Crippen LogP contribution is 2.27. The van der Waals surface area contributed by atoms with E-state index in [1.54, 1.807) is 0 Å². The molecule has 0 radical (unpaired) electrons. The molecule has 1 N–H and O–H groups in total. The third-order valence-corrected chi connectivity index (χ3v) is 3.68. The van der Waals surface area contributed by atoms with Crippen LogP contribution in [0.4, 0.5) is 0 Å². The van der Waals surface area contributed by atoms with Gasteiger partial charge in [-0.2, -0.15) is 0 Å². The Morgan fingerprint density at radius 1 is 1.42 bits per heavy atom. The predicted octanol–water partition coefficient (Wildman–Crippen LogP) is 1.85. The van der Waals surface area contributed by atoms with E-state index in [2.05, 4.69) is 11.9 Å². The van der Waals surface area contributed by atoms with Gasteiger partial charge in [0.25, 0.3) is 0 Å². The molecule has 2 heterocycles. The number of carbonyl (C=O) groups is 1. The zero-order chi connectivity index (χ0) is 13.4. The van der Waals surface area contributed by atoms with Crippen LogP contribution in [0.2, 0.25) is 0 Å². The molecule has 0 amide bonds. The second-order valence-electron chi connectivity index (χ2n) is 5.09. The molecule has 0 aliphatic carbocycles. The van der Waals surface area contributed by atoms with Gasteiger partial charge in [-0.25, -0.2) is 0 Å². The van der Waals surface area contributed by atoms with Crippen LogP contribution in [0, 0.1) is 0 Å². The number of para-hydroxylation sites is 1. The minimum absolute atomic E-state index is 0.0687. The number of aliphatic carboxylic acids is 1. The standard InChI is InChI=1S/C15H16N2O2/c1-17-7-6-14-12(9-17)11(8-15(18)19)10-4-2-3-5-13(10)16-14/h2-5H,6-9H2,1H3,(H,18,19). The SMILES string of the molecule is CN1CCc2nc3ccccc3c(CC(=O)O)c2C1. The van der Waals surface area contributed by atoms with E-state index < -0.39 is 5.97 Å². The van der Waals surface area contributed by atoms with Crippen molar-refractivity contribution in [1.82, 2.24) is 9.88 Å². The Labute approximate surface area is 111 Å². The molecule has 1 aromatic carbocycles. The zero-order valence-corrected chi connectivity index (χ0v) is 10.9. The molecule has 0 saturated heterocycles. The van der Waals surface area contributed by atoms with Crippen molar-refractivity contribution in [3.63, 3.8) is 0 Å². The van der Waals surface area contributed by atoms with Gasteiger partial charge in [-0.05, 0) is 24.2 Å². The highest BCUT2D eigenvalue weighted by molar-refractivity contribution is 5.87. The van der Waals surface area contributed by atoms with Crippen molar-refractivity contribution in [1.29, 1.82) is 0 Å². The van der Waals surface area contributed by atoms with Gasteiger partial charge in [0.2, 0.25) is 0 Å². The average Bonchev–Trinajstić information content (AvgIpc) is 2.39. The van der Waals surface area contributed by atoms with Crippen molar-refractivity contribution in [2.45, 2.75) is 19.4 Å². The lowest BCUT2D eigenvalue weighted by molar-refractivity contribution is -0.136. The molecule has 0 bridgehead atoms. The van der Waals surface area contributed by atoms with E-state index in [1.807, 2.05) is 24.3 Å². The fourth-order valence-corrected chi connectivity index (χ4v) is 2.77. The van der Waals surface area contributed by atoms with E-state index in [0.29, 0.717) is 0 Å². The summed E-state index contributed by atoms with van der Waals surface area (Å²) in [6.07, 6.45) is 0.961. The van der Waals surface area contributed by atoms with Crippen LogP contribution >= 0.6 is 0 Å². The lowest BCUT2D eigenvalue weighted by Crippen LogP contribution is -2.29. The predicted molar refractivity (Wildman–Crippen MR) is 73.1 cm³/mol. The Balaban J connectivity index is 2.26. The summed E-state index contributed by atoms with van der Waals surface area (Å²) in [5.74, 6) is -0.785. The van der Waals surface area contributed by atoms with E-state index >= 15 is 0 Å². The van der Waals surface area contributed by atoms with Crippen molar-refractivity contribution in [3.05, 3.63) is 41.1 Å². The quantitative estimate of drug-likeness (QED) is 0.891. The number of hydrogen-bond donors (Lipinski definition) is 1. The van der Waals surface area contributed by atoms with Gasteiger partial charge in [-0.1, -0.05) is 18.2 Å². The molecule has 0 saturated carbocycles. The lowest BCUT2D eigenvalue weighted by Gasteiger charge is -2.27. The number of fused-ring (bicyclic) bond motifs is 2. The number of nitrogens with zero attached hydrogens (tertiary/aromatic N) is 2. The number of hydrogen-bond acceptors (Lipinski definition) is 3. The number of carboxylic acid groups (broad SMARTS) is 1. The molecular formula is C15H16N2O2. The summed E-state index contributed by atoms with van der Waals surface area (Å²) in [6.45, 7) is 1.76. The van der Waals surface area contributed by atoms with Gasteiger partial charge < -0.3 is 10.0 Å². The smallest absolute Gasteiger partial charge is 0.307 e. The molecule has 98 valence electrons. The Morgan fingerprint density at radius 3 is 3.00 bits per heavy atom. The van der Waals surface area contributed by atoms with Crippen LogP contribution in [0.1, 0.15) is 16.8 Å². The van der Waals surface area contributed by atoms with E-state index in [9.17, 15) is 4.79 Å². The van der Waals surface area contributed by atoms with Crippen molar-refractivity contribution >= 4 is 16.9 Å². The maximum absolute atomic E-state index is 11.1. The molecule has 1 aromatic heterocycles. The van der Waals surface area contributed by atoms with Gasteiger partial charge >= 0.3 is 5.97 Å². The van der Waals surface area contributed by atoms with Crippen LogP contribution in [0.25, 0.3) is 10.9 Å². The number of likely N-dealkylation sites (N-methyl/N-ethyl adjacent to an activating group) is 1. The first-order valence-electron chi connectivity index (χ1n) is 6.45. The fourth-order valence-electron chi connectivity index (χ4n) is 2.77. The molecule has 0 fully saturated rings. The number of rotatable bonds is 2. The second-order valence-corrected chi connectivity index (χ2v) is 5.09. The number of benzene rings is 1. The first-order valence-corrected chi connectivity index (χ1v) is 6.45. The van der Waals surface area contributed by atoms with Gasteiger partial charge in [0.05, 0.1) is 11.9 Å². The Bertz CT molecular complexity index is 652. The van der Waals surface area contributed by atoms with Crippen molar-refractivity contribution in [2.24, 2.45) is 0 Å². The summed E-state index contributed by atoms with van der Waals surface area (Å²) in [6, 6.07) is 7.81. The van der Waals surface area contributed by atoms with Crippen LogP contribution in [-0.2, 0) is 24.2 Å². The molecule has 19 heavy (non-hydrogen) atoms. The van der Waals surface area contributed by atoms with Crippen LogP contribution in [0.5, 0.6) is 0 Å². The van der Waals surface area contributed by atoms with Crippen LogP contribution in [-0.4, -0.2) is 34.6 Å². The lowest BCUT2D eigenvalue weighted by atomic mass is 9.94.